The van der Waals surface area contributed by atoms with Crippen molar-refractivity contribution in [2.45, 2.75) is 51.0 Å². The smallest absolute Gasteiger partial charge is 0.303 e. The summed E-state index contributed by atoms with van der Waals surface area (Å²) in [6, 6.07) is 0. The van der Waals surface area contributed by atoms with Gasteiger partial charge in [-0.25, -0.2) is 0 Å². The maximum absolute atomic E-state index is 12.0. The molecule has 0 saturated carbocycles. The first kappa shape index (κ1) is 17.9. The van der Waals surface area contributed by atoms with Crippen LogP contribution in [0.2, 0.25) is 0 Å². The van der Waals surface area contributed by atoms with Gasteiger partial charge < -0.3 is 19.5 Å². The van der Waals surface area contributed by atoms with E-state index in [1.54, 1.807) is 7.11 Å². The fourth-order valence-electron chi connectivity index (χ4n) is 2.44. The molecule has 0 spiro atoms. The average Bonchev–Trinajstić information content (AvgIpc) is 2.48. The molecule has 0 aromatic carbocycles. The van der Waals surface area contributed by atoms with Crippen molar-refractivity contribution in [1.82, 2.24) is 4.90 Å². The summed E-state index contributed by atoms with van der Waals surface area (Å²) in [7, 11) is 1.68. The molecule has 122 valence electrons. The molecule has 6 heteroatoms. The number of aliphatic carboxylic acids is 1. The third-order valence-electron chi connectivity index (χ3n) is 3.67. The number of carboxylic acids is 1. The van der Waals surface area contributed by atoms with E-state index < -0.39 is 5.97 Å². The molecular formula is C15H27NO5. The lowest BCUT2D eigenvalue weighted by molar-refractivity contribution is -0.138. The van der Waals surface area contributed by atoms with Crippen LogP contribution in [0.25, 0.3) is 0 Å². The highest BCUT2D eigenvalue weighted by atomic mass is 16.5. The van der Waals surface area contributed by atoms with Crippen molar-refractivity contribution in [1.29, 1.82) is 0 Å². The van der Waals surface area contributed by atoms with E-state index >= 15 is 0 Å². The number of amides is 1. The highest BCUT2D eigenvalue weighted by Crippen LogP contribution is 2.15. The van der Waals surface area contributed by atoms with E-state index in [-0.39, 0.29) is 18.4 Å². The Kier molecular flexibility index (Phi) is 9.01. The van der Waals surface area contributed by atoms with Crippen LogP contribution in [0.3, 0.4) is 0 Å². The molecule has 1 aliphatic heterocycles. The van der Waals surface area contributed by atoms with Crippen molar-refractivity contribution in [2.75, 3.05) is 33.4 Å². The second-order valence-electron chi connectivity index (χ2n) is 5.40. The molecule has 1 N–H and O–H groups in total. The van der Waals surface area contributed by atoms with Crippen molar-refractivity contribution in [3.8, 4) is 0 Å². The number of hydrogen-bond acceptors (Lipinski definition) is 4. The molecule has 1 aliphatic rings. The number of methoxy groups -OCH3 is 1. The topological polar surface area (TPSA) is 76.1 Å². The first-order valence-corrected chi connectivity index (χ1v) is 7.73. The van der Waals surface area contributed by atoms with Crippen LogP contribution in [-0.2, 0) is 19.1 Å². The Hall–Kier alpha value is -1.14. The Morgan fingerprint density at radius 1 is 1.10 bits per heavy atom. The average molecular weight is 301 g/mol. The zero-order valence-corrected chi connectivity index (χ0v) is 12.9. The van der Waals surface area contributed by atoms with Gasteiger partial charge in [-0.3, -0.25) is 9.59 Å². The first-order valence-electron chi connectivity index (χ1n) is 7.73. The molecule has 0 aromatic heterocycles. The highest BCUT2D eigenvalue weighted by molar-refractivity contribution is 5.76. The first-order chi connectivity index (χ1) is 10.1. The van der Waals surface area contributed by atoms with Crippen LogP contribution in [-0.4, -0.2) is 61.4 Å². The molecule has 1 saturated heterocycles. The maximum Gasteiger partial charge on any atom is 0.303 e. The van der Waals surface area contributed by atoms with E-state index in [2.05, 4.69) is 0 Å². The lowest BCUT2D eigenvalue weighted by Crippen LogP contribution is -2.40. The summed E-state index contributed by atoms with van der Waals surface area (Å²) in [6.07, 6.45) is 4.73. The molecule has 0 aromatic rings. The minimum Gasteiger partial charge on any atom is -0.481 e. The number of nitrogens with zero attached hydrogens (tertiary/aromatic N) is 1. The normalized spacial score (nSPS) is 16.1. The lowest BCUT2D eigenvalue weighted by atomic mass is 10.1. The Labute approximate surface area is 126 Å². The summed E-state index contributed by atoms with van der Waals surface area (Å²) < 4.78 is 10.7. The number of likely N-dealkylation sites (tertiary alicyclic amines) is 1. The molecule has 0 bridgehead atoms. The van der Waals surface area contributed by atoms with E-state index in [0.717, 1.165) is 32.4 Å². The highest BCUT2D eigenvalue weighted by Gasteiger charge is 2.22. The second kappa shape index (κ2) is 10.6. The van der Waals surface area contributed by atoms with Crippen molar-refractivity contribution < 1.29 is 24.2 Å². The third-order valence-corrected chi connectivity index (χ3v) is 3.67. The minimum atomic E-state index is -0.797. The third kappa shape index (κ3) is 8.02. The minimum absolute atomic E-state index is 0.137. The van der Waals surface area contributed by atoms with E-state index in [1.807, 2.05) is 4.90 Å². The fourth-order valence-corrected chi connectivity index (χ4v) is 2.44. The molecule has 0 atom stereocenters. The van der Waals surface area contributed by atoms with Crippen molar-refractivity contribution >= 4 is 11.9 Å². The summed E-state index contributed by atoms with van der Waals surface area (Å²) in [5, 5.41) is 8.54. The van der Waals surface area contributed by atoms with Gasteiger partial charge in [0.25, 0.3) is 0 Å². The monoisotopic (exact) mass is 301 g/mol. The lowest BCUT2D eigenvalue weighted by Gasteiger charge is -2.32. The molecule has 0 aliphatic carbocycles. The number of unbranched alkanes of at least 4 members (excludes halogenated alkanes) is 1. The van der Waals surface area contributed by atoms with Gasteiger partial charge in [0.2, 0.25) is 5.91 Å². The van der Waals surface area contributed by atoms with Gasteiger partial charge >= 0.3 is 5.97 Å². The zero-order chi connectivity index (χ0) is 15.5. The maximum atomic E-state index is 12.0. The van der Waals surface area contributed by atoms with Crippen LogP contribution in [0, 0.1) is 0 Å². The van der Waals surface area contributed by atoms with Crippen LogP contribution in [0.15, 0.2) is 0 Å². The van der Waals surface area contributed by atoms with Crippen LogP contribution >= 0.6 is 0 Å². The second-order valence-corrected chi connectivity index (χ2v) is 5.40. The van der Waals surface area contributed by atoms with Gasteiger partial charge in [-0.15, -0.1) is 0 Å². The Balaban J connectivity index is 2.08. The number of carbonyl (C=O) groups excluding carboxylic acids is 1. The molecule has 1 fully saturated rings. The summed E-state index contributed by atoms with van der Waals surface area (Å²) in [5.41, 5.74) is 0. The summed E-state index contributed by atoms with van der Waals surface area (Å²) in [5.74, 6) is -0.660. The van der Waals surface area contributed by atoms with Crippen LogP contribution < -0.4 is 0 Å². The molecule has 0 radical (unpaired) electrons. The van der Waals surface area contributed by atoms with Gasteiger partial charge in [0.15, 0.2) is 0 Å². The number of hydrogen-bond donors (Lipinski definition) is 1. The van der Waals surface area contributed by atoms with Crippen LogP contribution in [0.4, 0.5) is 0 Å². The largest absolute Gasteiger partial charge is 0.481 e. The number of ether oxygens (including phenoxy) is 2. The van der Waals surface area contributed by atoms with Gasteiger partial charge in [-0.1, -0.05) is 0 Å². The standard InChI is InChI=1S/C15H27NO5/c1-20-11-4-12-21-13-7-9-16(10-8-13)14(17)5-2-3-6-15(18)19/h13H,2-12H2,1H3,(H,18,19). The molecule has 1 amide bonds. The summed E-state index contributed by atoms with van der Waals surface area (Å²) >= 11 is 0. The molecule has 6 nitrogen and oxygen atoms in total. The predicted molar refractivity (Wildman–Crippen MR) is 78.2 cm³/mol. The van der Waals surface area contributed by atoms with Crippen molar-refractivity contribution in [2.24, 2.45) is 0 Å². The number of carboxylic acid groups (broad SMARTS) is 1. The number of rotatable bonds is 10. The predicted octanol–water partition coefficient (Wildman–Crippen LogP) is 1.68. The van der Waals surface area contributed by atoms with Gasteiger partial charge in [0.05, 0.1) is 6.10 Å². The van der Waals surface area contributed by atoms with E-state index in [4.69, 9.17) is 14.6 Å². The molecule has 21 heavy (non-hydrogen) atoms. The summed E-state index contributed by atoms with van der Waals surface area (Å²) in [4.78, 5) is 24.2. The van der Waals surface area contributed by atoms with Gasteiger partial charge in [-0.05, 0) is 32.1 Å². The molecular weight excluding hydrogens is 274 g/mol. The van der Waals surface area contributed by atoms with Crippen LogP contribution in [0.5, 0.6) is 0 Å². The quantitative estimate of drug-likeness (QED) is 0.621. The van der Waals surface area contributed by atoms with E-state index in [0.29, 0.717) is 32.5 Å². The van der Waals surface area contributed by atoms with Crippen LogP contribution in [0.1, 0.15) is 44.9 Å². The van der Waals surface area contributed by atoms with E-state index in [9.17, 15) is 9.59 Å². The Morgan fingerprint density at radius 2 is 1.76 bits per heavy atom. The van der Waals surface area contributed by atoms with Crippen molar-refractivity contribution in [3.05, 3.63) is 0 Å². The fraction of sp³-hybridized carbons (Fsp3) is 0.867. The molecule has 1 rings (SSSR count). The Bertz CT molecular complexity index is 313. The van der Waals surface area contributed by atoms with E-state index in [1.165, 1.54) is 0 Å². The number of carbonyl (C=O) groups is 2. The van der Waals surface area contributed by atoms with Gasteiger partial charge in [0, 0.05) is 46.3 Å². The SMILES string of the molecule is COCCCOC1CCN(C(=O)CCCCC(=O)O)CC1. The molecule has 0 unspecified atom stereocenters. The van der Waals surface area contributed by atoms with Gasteiger partial charge in [0.1, 0.15) is 0 Å². The Morgan fingerprint density at radius 3 is 2.38 bits per heavy atom. The summed E-state index contributed by atoms with van der Waals surface area (Å²) in [6.45, 7) is 2.91. The zero-order valence-electron chi connectivity index (χ0n) is 12.9. The molecule has 1 heterocycles. The number of piperidine rings is 1. The van der Waals surface area contributed by atoms with Gasteiger partial charge in [-0.2, -0.15) is 0 Å². The van der Waals surface area contributed by atoms with Crippen molar-refractivity contribution in [3.63, 3.8) is 0 Å².